The molecule has 1 nitrogen and oxygen atoms in total. The zero-order valence-electron chi connectivity index (χ0n) is 9.78. The SMILES string of the molecule is Cc1ccc(CCCS)c(OCCCS)c1. The molecule has 0 atom stereocenters. The van der Waals surface area contributed by atoms with Gasteiger partial charge in [0.15, 0.2) is 0 Å². The summed E-state index contributed by atoms with van der Waals surface area (Å²) in [6.07, 6.45) is 3.12. The summed E-state index contributed by atoms with van der Waals surface area (Å²) in [5.74, 6) is 2.82. The summed E-state index contributed by atoms with van der Waals surface area (Å²) in [6, 6.07) is 6.42. The lowest BCUT2D eigenvalue weighted by atomic mass is 10.1. The predicted octanol–water partition coefficient (Wildman–Crippen LogP) is 3.56. The smallest absolute Gasteiger partial charge is 0.122 e. The summed E-state index contributed by atoms with van der Waals surface area (Å²) in [5, 5.41) is 0. The van der Waals surface area contributed by atoms with Crippen LogP contribution in [0.1, 0.15) is 24.0 Å². The standard InChI is InChI=1S/C13H20OS2/c1-11-5-6-12(4-2-8-15)13(10-11)14-7-3-9-16/h5-6,10,15-16H,2-4,7-9H2,1H3. The molecule has 3 heteroatoms. The molecule has 0 radical (unpaired) electrons. The molecule has 0 amide bonds. The van der Waals surface area contributed by atoms with Gasteiger partial charge in [-0.1, -0.05) is 12.1 Å². The van der Waals surface area contributed by atoms with E-state index < -0.39 is 0 Å². The minimum atomic E-state index is 0.751. The lowest BCUT2D eigenvalue weighted by Gasteiger charge is -2.11. The molecule has 90 valence electrons. The second-order valence-corrected chi connectivity index (χ2v) is 4.76. The van der Waals surface area contributed by atoms with E-state index in [1.54, 1.807) is 0 Å². The Morgan fingerprint density at radius 2 is 1.88 bits per heavy atom. The zero-order valence-corrected chi connectivity index (χ0v) is 11.6. The van der Waals surface area contributed by atoms with Crippen LogP contribution in [-0.4, -0.2) is 18.1 Å². The molecule has 0 fully saturated rings. The Morgan fingerprint density at radius 3 is 2.56 bits per heavy atom. The second-order valence-electron chi connectivity index (χ2n) is 3.86. The molecule has 0 spiro atoms. The van der Waals surface area contributed by atoms with Crippen molar-refractivity contribution in [3.63, 3.8) is 0 Å². The third kappa shape index (κ3) is 4.71. The van der Waals surface area contributed by atoms with Crippen LogP contribution in [0.3, 0.4) is 0 Å². The van der Waals surface area contributed by atoms with Crippen LogP contribution < -0.4 is 4.74 Å². The zero-order chi connectivity index (χ0) is 11.8. The van der Waals surface area contributed by atoms with E-state index >= 15 is 0 Å². The molecule has 1 aromatic rings. The molecule has 0 aromatic heterocycles. The molecule has 0 saturated heterocycles. The maximum Gasteiger partial charge on any atom is 0.122 e. The summed E-state index contributed by atoms with van der Waals surface area (Å²) < 4.78 is 5.78. The van der Waals surface area contributed by atoms with Gasteiger partial charge in [-0.3, -0.25) is 0 Å². The van der Waals surface area contributed by atoms with E-state index in [9.17, 15) is 0 Å². The van der Waals surface area contributed by atoms with Crippen molar-refractivity contribution in [2.45, 2.75) is 26.2 Å². The number of ether oxygens (including phenoxy) is 1. The second kappa shape index (κ2) is 7.91. The van der Waals surface area contributed by atoms with Gasteiger partial charge in [0, 0.05) is 0 Å². The summed E-state index contributed by atoms with van der Waals surface area (Å²) in [5.41, 5.74) is 2.54. The number of thiol groups is 2. The highest BCUT2D eigenvalue weighted by molar-refractivity contribution is 7.80. The Balaban J connectivity index is 2.65. The first-order valence-corrected chi connectivity index (χ1v) is 6.98. The highest BCUT2D eigenvalue weighted by Gasteiger charge is 2.03. The van der Waals surface area contributed by atoms with Crippen molar-refractivity contribution < 1.29 is 4.74 Å². The molecule has 0 heterocycles. The first-order chi connectivity index (χ1) is 7.77. The van der Waals surface area contributed by atoms with Gasteiger partial charge in [-0.2, -0.15) is 25.3 Å². The molecule has 0 bridgehead atoms. The molecule has 1 aromatic carbocycles. The van der Waals surface area contributed by atoms with Crippen molar-refractivity contribution in [2.75, 3.05) is 18.1 Å². The Labute approximate surface area is 109 Å². The molecular weight excluding hydrogens is 236 g/mol. The summed E-state index contributed by atoms with van der Waals surface area (Å²) in [6.45, 7) is 2.84. The van der Waals surface area contributed by atoms with Crippen LogP contribution in [0.2, 0.25) is 0 Å². The average molecular weight is 256 g/mol. The third-order valence-corrected chi connectivity index (χ3v) is 3.02. The highest BCUT2D eigenvalue weighted by Crippen LogP contribution is 2.22. The number of hydrogen-bond donors (Lipinski definition) is 2. The Bertz CT molecular complexity index is 313. The van der Waals surface area contributed by atoms with Crippen LogP contribution in [-0.2, 0) is 6.42 Å². The lowest BCUT2D eigenvalue weighted by Crippen LogP contribution is -2.01. The lowest BCUT2D eigenvalue weighted by molar-refractivity contribution is 0.315. The number of hydrogen-bond acceptors (Lipinski definition) is 3. The number of rotatable bonds is 7. The molecule has 0 saturated carbocycles. The number of benzene rings is 1. The van der Waals surface area contributed by atoms with E-state index in [0.29, 0.717) is 0 Å². The predicted molar refractivity (Wildman–Crippen MR) is 77.3 cm³/mol. The molecule has 0 aliphatic heterocycles. The van der Waals surface area contributed by atoms with Crippen LogP contribution in [0.4, 0.5) is 0 Å². The van der Waals surface area contributed by atoms with E-state index in [-0.39, 0.29) is 0 Å². The fraction of sp³-hybridized carbons (Fsp3) is 0.538. The van der Waals surface area contributed by atoms with Gasteiger partial charge in [0.05, 0.1) is 6.61 Å². The normalized spacial score (nSPS) is 10.4. The molecule has 0 unspecified atom stereocenters. The van der Waals surface area contributed by atoms with E-state index in [4.69, 9.17) is 4.74 Å². The molecule has 0 aliphatic rings. The van der Waals surface area contributed by atoms with E-state index in [2.05, 4.69) is 50.4 Å². The molecular formula is C13H20OS2. The Hall–Kier alpha value is -0.280. The summed E-state index contributed by atoms with van der Waals surface area (Å²) in [7, 11) is 0. The Kier molecular flexibility index (Phi) is 6.81. The fourth-order valence-electron chi connectivity index (χ4n) is 1.52. The van der Waals surface area contributed by atoms with Gasteiger partial charge >= 0.3 is 0 Å². The molecule has 1 rings (SSSR count). The molecule has 0 N–H and O–H groups in total. The van der Waals surface area contributed by atoms with Gasteiger partial charge in [0.2, 0.25) is 0 Å². The highest BCUT2D eigenvalue weighted by atomic mass is 32.1. The largest absolute Gasteiger partial charge is 0.493 e. The van der Waals surface area contributed by atoms with Crippen molar-refractivity contribution in [2.24, 2.45) is 0 Å². The van der Waals surface area contributed by atoms with Crippen molar-refractivity contribution in [1.82, 2.24) is 0 Å². The third-order valence-electron chi connectivity index (χ3n) is 2.39. The van der Waals surface area contributed by atoms with Gasteiger partial charge in [0.25, 0.3) is 0 Å². The summed E-state index contributed by atoms with van der Waals surface area (Å²) >= 11 is 8.42. The van der Waals surface area contributed by atoms with Crippen LogP contribution in [0.5, 0.6) is 5.75 Å². The Morgan fingerprint density at radius 1 is 1.12 bits per heavy atom. The minimum Gasteiger partial charge on any atom is -0.493 e. The van der Waals surface area contributed by atoms with E-state index in [0.717, 1.165) is 43.1 Å². The van der Waals surface area contributed by atoms with Gasteiger partial charge in [-0.05, 0) is 54.9 Å². The van der Waals surface area contributed by atoms with Crippen molar-refractivity contribution in [3.8, 4) is 5.75 Å². The van der Waals surface area contributed by atoms with Crippen LogP contribution in [0.15, 0.2) is 18.2 Å². The van der Waals surface area contributed by atoms with Gasteiger partial charge < -0.3 is 4.74 Å². The topological polar surface area (TPSA) is 9.23 Å². The maximum absolute atomic E-state index is 5.78. The molecule has 16 heavy (non-hydrogen) atoms. The van der Waals surface area contributed by atoms with Crippen molar-refractivity contribution in [1.29, 1.82) is 0 Å². The van der Waals surface area contributed by atoms with Gasteiger partial charge in [-0.15, -0.1) is 0 Å². The fourth-order valence-corrected chi connectivity index (χ4v) is 1.81. The van der Waals surface area contributed by atoms with Crippen molar-refractivity contribution >= 4 is 25.3 Å². The van der Waals surface area contributed by atoms with Crippen LogP contribution >= 0.6 is 25.3 Å². The van der Waals surface area contributed by atoms with Crippen LogP contribution in [0.25, 0.3) is 0 Å². The van der Waals surface area contributed by atoms with Gasteiger partial charge in [-0.25, -0.2) is 0 Å². The minimum absolute atomic E-state index is 0.751. The van der Waals surface area contributed by atoms with Gasteiger partial charge in [0.1, 0.15) is 5.75 Å². The van der Waals surface area contributed by atoms with Crippen LogP contribution in [0, 0.1) is 6.92 Å². The van der Waals surface area contributed by atoms with E-state index in [1.807, 2.05) is 0 Å². The first-order valence-electron chi connectivity index (χ1n) is 5.72. The average Bonchev–Trinajstić information content (AvgIpc) is 2.28. The first kappa shape index (κ1) is 13.8. The van der Waals surface area contributed by atoms with E-state index in [1.165, 1.54) is 11.1 Å². The molecule has 0 aliphatic carbocycles. The number of aryl methyl sites for hydroxylation is 2. The monoisotopic (exact) mass is 256 g/mol. The summed E-state index contributed by atoms with van der Waals surface area (Å²) in [4.78, 5) is 0. The van der Waals surface area contributed by atoms with Crippen molar-refractivity contribution in [3.05, 3.63) is 29.3 Å². The maximum atomic E-state index is 5.78. The quantitative estimate of drug-likeness (QED) is 0.560.